The van der Waals surface area contributed by atoms with Crippen molar-refractivity contribution in [1.29, 1.82) is 0 Å². The van der Waals surface area contributed by atoms with Crippen molar-refractivity contribution in [3.63, 3.8) is 0 Å². The molecule has 1 nitrogen and oxygen atoms in total. The Labute approximate surface area is 89.5 Å². The van der Waals surface area contributed by atoms with Gasteiger partial charge in [0.2, 0.25) is 0 Å². The third-order valence-electron chi connectivity index (χ3n) is 4.62. The van der Waals surface area contributed by atoms with Crippen molar-refractivity contribution in [3.05, 3.63) is 0 Å². The highest BCUT2D eigenvalue weighted by Gasteiger charge is 2.46. The van der Waals surface area contributed by atoms with Crippen molar-refractivity contribution in [1.82, 2.24) is 0 Å². The van der Waals surface area contributed by atoms with Crippen LogP contribution in [0.25, 0.3) is 0 Å². The predicted octanol–water partition coefficient (Wildman–Crippen LogP) is 3.72. The van der Waals surface area contributed by atoms with Gasteiger partial charge in [-0.05, 0) is 36.5 Å². The van der Waals surface area contributed by atoms with Gasteiger partial charge < -0.3 is 5.73 Å². The Balaban J connectivity index is 2.76. The van der Waals surface area contributed by atoms with Crippen molar-refractivity contribution in [2.75, 3.05) is 0 Å². The molecule has 0 aromatic carbocycles. The highest BCUT2D eigenvalue weighted by molar-refractivity contribution is 5.01. The van der Waals surface area contributed by atoms with Gasteiger partial charge in [-0.1, -0.05) is 41.0 Å². The lowest BCUT2D eigenvalue weighted by molar-refractivity contribution is 0.00498. The average molecular weight is 197 g/mol. The van der Waals surface area contributed by atoms with Gasteiger partial charge in [0, 0.05) is 5.54 Å². The molecule has 1 fully saturated rings. The first-order valence-electron chi connectivity index (χ1n) is 6.01. The molecule has 0 heterocycles. The molecule has 0 aromatic heterocycles. The van der Waals surface area contributed by atoms with Crippen molar-refractivity contribution in [3.8, 4) is 0 Å². The largest absolute Gasteiger partial charge is 0.325 e. The molecule has 1 aliphatic rings. The molecule has 0 aliphatic heterocycles. The maximum atomic E-state index is 6.47. The minimum absolute atomic E-state index is 0.119. The van der Waals surface area contributed by atoms with Crippen molar-refractivity contribution >= 4 is 0 Å². The second kappa shape index (κ2) is 3.52. The van der Waals surface area contributed by atoms with Crippen molar-refractivity contribution < 1.29 is 0 Å². The summed E-state index contributed by atoms with van der Waals surface area (Å²) in [4.78, 5) is 0. The Bertz CT molecular complexity index is 205. The van der Waals surface area contributed by atoms with E-state index in [2.05, 4.69) is 34.6 Å². The molecule has 0 bridgehead atoms. The molecule has 0 aromatic rings. The van der Waals surface area contributed by atoms with E-state index in [1.807, 2.05) is 0 Å². The molecule has 1 rings (SSSR count). The molecule has 0 spiro atoms. The summed E-state index contributed by atoms with van der Waals surface area (Å²) in [6.07, 6.45) is 6.06. The topological polar surface area (TPSA) is 26.0 Å². The molecule has 1 atom stereocenters. The highest BCUT2D eigenvalue weighted by atomic mass is 14.8. The summed E-state index contributed by atoms with van der Waals surface area (Å²) in [6.45, 7) is 11.8. The Morgan fingerprint density at radius 2 is 1.57 bits per heavy atom. The van der Waals surface area contributed by atoms with Crippen molar-refractivity contribution in [2.45, 2.75) is 72.3 Å². The van der Waals surface area contributed by atoms with Crippen LogP contribution in [0, 0.1) is 10.8 Å². The van der Waals surface area contributed by atoms with Crippen LogP contribution in [0.1, 0.15) is 66.7 Å². The zero-order valence-corrected chi connectivity index (χ0v) is 10.6. The fourth-order valence-corrected chi connectivity index (χ4v) is 2.82. The molecule has 1 heteroatoms. The standard InChI is InChI=1S/C13H27N/c1-6-7-13(14)9-8-11(2,3)12(4,5)10-13/h6-10,14H2,1-5H3. The van der Waals surface area contributed by atoms with Crippen LogP contribution in [-0.2, 0) is 0 Å². The van der Waals surface area contributed by atoms with Gasteiger partial charge in [-0.3, -0.25) is 0 Å². The van der Waals surface area contributed by atoms with E-state index in [-0.39, 0.29) is 5.54 Å². The molecule has 14 heavy (non-hydrogen) atoms. The van der Waals surface area contributed by atoms with Crippen molar-refractivity contribution in [2.24, 2.45) is 16.6 Å². The third kappa shape index (κ3) is 2.13. The van der Waals surface area contributed by atoms with Gasteiger partial charge in [-0.2, -0.15) is 0 Å². The quantitative estimate of drug-likeness (QED) is 0.717. The Morgan fingerprint density at radius 1 is 1.00 bits per heavy atom. The number of hydrogen-bond donors (Lipinski definition) is 1. The minimum Gasteiger partial charge on any atom is -0.325 e. The molecular formula is C13H27N. The Morgan fingerprint density at radius 3 is 2.00 bits per heavy atom. The van der Waals surface area contributed by atoms with Crippen LogP contribution < -0.4 is 5.73 Å². The van der Waals surface area contributed by atoms with E-state index in [1.54, 1.807) is 0 Å². The van der Waals surface area contributed by atoms with Crippen LogP contribution >= 0.6 is 0 Å². The van der Waals surface area contributed by atoms with E-state index < -0.39 is 0 Å². The summed E-state index contributed by atoms with van der Waals surface area (Å²) >= 11 is 0. The van der Waals surface area contributed by atoms with Gasteiger partial charge >= 0.3 is 0 Å². The first kappa shape index (κ1) is 12.0. The molecular weight excluding hydrogens is 170 g/mol. The molecule has 2 N–H and O–H groups in total. The molecule has 1 unspecified atom stereocenters. The zero-order chi connectivity index (χ0) is 11.0. The maximum absolute atomic E-state index is 6.47. The Kier molecular flexibility index (Phi) is 3.02. The SMILES string of the molecule is CCCC1(N)CCC(C)(C)C(C)(C)C1. The number of nitrogens with two attached hydrogens (primary N) is 1. The smallest absolute Gasteiger partial charge is 0.0159 e. The summed E-state index contributed by atoms with van der Waals surface area (Å²) in [5, 5.41) is 0. The molecule has 0 amide bonds. The van der Waals surface area contributed by atoms with Gasteiger partial charge in [0.25, 0.3) is 0 Å². The van der Waals surface area contributed by atoms with E-state index in [0.717, 1.165) is 0 Å². The summed E-state index contributed by atoms with van der Waals surface area (Å²) < 4.78 is 0. The molecule has 0 saturated heterocycles. The summed E-state index contributed by atoms with van der Waals surface area (Å²) in [7, 11) is 0. The molecule has 1 saturated carbocycles. The Hall–Kier alpha value is -0.0400. The normalized spacial score (nSPS) is 35.6. The van der Waals surface area contributed by atoms with Crippen LogP contribution in [-0.4, -0.2) is 5.54 Å². The fraction of sp³-hybridized carbons (Fsp3) is 1.00. The van der Waals surface area contributed by atoms with E-state index in [4.69, 9.17) is 5.73 Å². The summed E-state index contributed by atoms with van der Waals surface area (Å²) in [6, 6.07) is 0. The van der Waals surface area contributed by atoms with Gasteiger partial charge in [0.05, 0.1) is 0 Å². The van der Waals surface area contributed by atoms with Crippen LogP contribution in [0.5, 0.6) is 0 Å². The van der Waals surface area contributed by atoms with Gasteiger partial charge in [0.15, 0.2) is 0 Å². The lowest BCUT2D eigenvalue weighted by Gasteiger charge is -2.53. The van der Waals surface area contributed by atoms with E-state index in [0.29, 0.717) is 10.8 Å². The zero-order valence-electron chi connectivity index (χ0n) is 10.6. The molecule has 1 aliphatic carbocycles. The van der Waals surface area contributed by atoms with E-state index in [1.165, 1.54) is 32.1 Å². The average Bonchev–Trinajstić information content (AvgIpc) is 1.98. The highest BCUT2D eigenvalue weighted by Crippen LogP contribution is 2.53. The lowest BCUT2D eigenvalue weighted by Crippen LogP contribution is -2.52. The van der Waals surface area contributed by atoms with Crippen LogP contribution in [0.4, 0.5) is 0 Å². The van der Waals surface area contributed by atoms with Gasteiger partial charge in [0.1, 0.15) is 0 Å². The number of hydrogen-bond acceptors (Lipinski definition) is 1. The first-order valence-corrected chi connectivity index (χ1v) is 6.01. The first-order chi connectivity index (χ1) is 6.22. The summed E-state index contributed by atoms with van der Waals surface area (Å²) in [5.41, 5.74) is 7.42. The maximum Gasteiger partial charge on any atom is 0.0159 e. The van der Waals surface area contributed by atoms with Gasteiger partial charge in [-0.15, -0.1) is 0 Å². The van der Waals surface area contributed by atoms with E-state index in [9.17, 15) is 0 Å². The summed E-state index contributed by atoms with van der Waals surface area (Å²) in [5.74, 6) is 0. The molecule has 84 valence electrons. The second-order valence-corrected chi connectivity index (χ2v) is 6.56. The second-order valence-electron chi connectivity index (χ2n) is 6.56. The fourth-order valence-electron chi connectivity index (χ4n) is 2.82. The predicted molar refractivity (Wildman–Crippen MR) is 63.2 cm³/mol. The minimum atomic E-state index is 0.119. The third-order valence-corrected chi connectivity index (χ3v) is 4.62. The monoisotopic (exact) mass is 197 g/mol. The lowest BCUT2D eigenvalue weighted by atomic mass is 9.54. The van der Waals surface area contributed by atoms with Crippen LogP contribution in [0.2, 0.25) is 0 Å². The van der Waals surface area contributed by atoms with Crippen LogP contribution in [0.15, 0.2) is 0 Å². The van der Waals surface area contributed by atoms with Crippen LogP contribution in [0.3, 0.4) is 0 Å². The number of rotatable bonds is 2. The van der Waals surface area contributed by atoms with E-state index >= 15 is 0 Å². The molecule has 0 radical (unpaired) electrons. The van der Waals surface area contributed by atoms with Gasteiger partial charge in [-0.25, -0.2) is 0 Å².